The van der Waals surface area contributed by atoms with Crippen LogP contribution < -0.4 is 10.5 Å². The highest BCUT2D eigenvalue weighted by Crippen LogP contribution is 2.29. The second kappa shape index (κ2) is 5.58. The van der Waals surface area contributed by atoms with Crippen molar-refractivity contribution in [1.82, 2.24) is 15.0 Å². The highest BCUT2D eigenvalue weighted by atomic mass is 19.1. The molecule has 0 fully saturated rings. The number of halogens is 1. The molecule has 0 bridgehead atoms. The lowest BCUT2D eigenvalue weighted by molar-refractivity contribution is 0.202. The zero-order valence-electron chi connectivity index (χ0n) is 11.1. The lowest BCUT2D eigenvalue weighted by Crippen LogP contribution is -2.21. The molecule has 0 spiro atoms. The van der Waals surface area contributed by atoms with Crippen molar-refractivity contribution in [2.45, 2.75) is 31.9 Å². The number of aromatic nitrogens is 3. The first-order chi connectivity index (χ1) is 9.74. The van der Waals surface area contributed by atoms with E-state index in [1.165, 1.54) is 12.1 Å². The van der Waals surface area contributed by atoms with Crippen molar-refractivity contribution in [1.29, 1.82) is 0 Å². The van der Waals surface area contributed by atoms with E-state index in [9.17, 15) is 4.39 Å². The van der Waals surface area contributed by atoms with Crippen molar-refractivity contribution in [2.24, 2.45) is 5.73 Å². The van der Waals surface area contributed by atoms with Crippen LogP contribution in [0.2, 0.25) is 0 Å². The minimum atomic E-state index is -0.224. The average Bonchev–Trinajstić information content (AvgIpc) is 3.02. The third kappa shape index (κ3) is 2.80. The van der Waals surface area contributed by atoms with Crippen LogP contribution in [0.5, 0.6) is 5.75 Å². The van der Waals surface area contributed by atoms with E-state index >= 15 is 0 Å². The molecular weight excluding hydrogens is 259 g/mol. The molecule has 0 saturated carbocycles. The molecule has 1 unspecified atom stereocenters. The molecule has 20 heavy (non-hydrogen) atoms. The monoisotopic (exact) mass is 276 g/mol. The second-order valence-corrected chi connectivity index (χ2v) is 5.02. The van der Waals surface area contributed by atoms with E-state index in [0.29, 0.717) is 19.5 Å². The van der Waals surface area contributed by atoms with Gasteiger partial charge in [-0.25, -0.2) is 9.07 Å². The van der Waals surface area contributed by atoms with Gasteiger partial charge in [-0.3, -0.25) is 0 Å². The number of nitrogens with zero attached hydrogens (tertiary/aromatic N) is 3. The summed E-state index contributed by atoms with van der Waals surface area (Å²) in [4.78, 5) is 0. The highest BCUT2D eigenvalue weighted by molar-refractivity contribution is 5.37. The summed E-state index contributed by atoms with van der Waals surface area (Å²) in [5.41, 5.74) is 7.33. The molecule has 5 nitrogen and oxygen atoms in total. The average molecular weight is 276 g/mol. The van der Waals surface area contributed by atoms with E-state index < -0.39 is 0 Å². The summed E-state index contributed by atoms with van der Waals surface area (Å²) >= 11 is 0. The van der Waals surface area contributed by atoms with Gasteiger partial charge in [0.2, 0.25) is 0 Å². The number of ether oxygens (including phenoxy) is 1. The van der Waals surface area contributed by atoms with Crippen molar-refractivity contribution in [3.63, 3.8) is 0 Å². The fourth-order valence-electron chi connectivity index (χ4n) is 2.42. The molecule has 1 aromatic heterocycles. The van der Waals surface area contributed by atoms with Gasteiger partial charge in [-0.1, -0.05) is 5.21 Å². The molecule has 1 atom stereocenters. The molecule has 0 amide bonds. The Labute approximate surface area is 116 Å². The molecule has 0 radical (unpaired) electrons. The van der Waals surface area contributed by atoms with E-state index in [-0.39, 0.29) is 11.9 Å². The predicted molar refractivity (Wildman–Crippen MR) is 71.9 cm³/mol. The van der Waals surface area contributed by atoms with Gasteiger partial charge in [0.25, 0.3) is 0 Å². The number of hydrogen-bond donors (Lipinski definition) is 1. The first-order valence-electron chi connectivity index (χ1n) is 6.79. The Morgan fingerprint density at radius 3 is 3.20 bits per heavy atom. The van der Waals surface area contributed by atoms with Crippen LogP contribution in [0.3, 0.4) is 0 Å². The highest BCUT2D eigenvalue weighted by Gasteiger charge is 2.24. The summed E-state index contributed by atoms with van der Waals surface area (Å²) in [6.07, 6.45) is 4.35. The topological polar surface area (TPSA) is 66.0 Å². The Morgan fingerprint density at radius 2 is 2.35 bits per heavy atom. The Kier molecular flexibility index (Phi) is 3.64. The third-order valence-corrected chi connectivity index (χ3v) is 3.38. The van der Waals surface area contributed by atoms with E-state index in [2.05, 4.69) is 10.3 Å². The first-order valence-corrected chi connectivity index (χ1v) is 6.79. The summed E-state index contributed by atoms with van der Waals surface area (Å²) in [6, 6.07) is 4.63. The van der Waals surface area contributed by atoms with Gasteiger partial charge in [0.15, 0.2) is 0 Å². The summed E-state index contributed by atoms with van der Waals surface area (Å²) in [5.74, 6) is 0.540. The SMILES string of the molecule is NCCCc1cn(CC2Cc3cc(F)ccc3O2)nn1. The second-order valence-electron chi connectivity index (χ2n) is 5.02. The maximum absolute atomic E-state index is 13.1. The number of aryl methyl sites for hydroxylation is 1. The van der Waals surface area contributed by atoms with Gasteiger partial charge < -0.3 is 10.5 Å². The summed E-state index contributed by atoms with van der Waals surface area (Å²) in [6.45, 7) is 1.27. The van der Waals surface area contributed by atoms with E-state index in [1.54, 1.807) is 10.7 Å². The molecule has 1 aromatic carbocycles. The lowest BCUT2D eigenvalue weighted by atomic mass is 10.1. The minimum absolute atomic E-state index is 0.0177. The maximum atomic E-state index is 13.1. The van der Waals surface area contributed by atoms with Crippen molar-refractivity contribution in [2.75, 3.05) is 6.54 Å². The van der Waals surface area contributed by atoms with Crippen LogP contribution in [-0.2, 0) is 19.4 Å². The Morgan fingerprint density at radius 1 is 1.45 bits per heavy atom. The number of rotatable bonds is 5. The van der Waals surface area contributed by atoms with Crippen LogP contribution in [0, 0.1) is 5.82 Å². The molecule has 1 aliphatic heterocycles. The molecule has 2 heterocycles. The maximum Gasteiger partial charge on any atom is 0.123 e. The molecule has 1 aliphatic rings. The molecule has 3 rings (SSSR count). The standard InChI is InChI=1S/C14H17FN4O/c15-11-3-4-14-10(6-11)7-13(20-14)9-19-8-12(17-18-19)2-1-5-16/h3-4,6,8,13H,1-2,5,7,9,16H2. The van der Waals surface area contributed by atoms with Crippen LogP contribution in [0.25, 0.3) is 0 Å². The Hall–Kier alpha value is -1.95. The smallest absolute Gasteiger partial charge is 0.123 e. The quantitative estimate of drug-likeness (QED) is 0.894. The van der Waals surface area contributed by atoms with Gasteiger partial charge in [0.05, 0.1) is 12.2 Å². The van der Waals surface area contributed by atoms with Crippen molar-refractivity contribution >= 4 is 0 Å². The summed E-state index contributed by atoms with van der Waals surface area (Å²) in [5, 5.41) is 8.19. The van der Waals surface area contributed by atoms with E-state index in [0.717, 1.165) is 29.8 Å². The molecular formula is C14H17FN4O. The number of benzene rings is 1. The van der Waals surface area contributed by atoms with Crippen molar-refractivity contribution in [3.05, 3.63) is 41.5 Å². The summed E-state index contributed by atoms with van der Waals surface area (Å²) < 4.78 is 20.7. The van der Waals surface area contributed by atoms with Gasteiger partial charge in [-0.2, -0.15) is 0 Å². The molecule has 2 N–H and O–H groups in total. The van der Waals surface area contributed by atoms with Crippen molar-refractivity contribution < 1.29 is 9.13 Å². The Balaban J connectivity index is 1.61. The normalized spacial score (nSPS) is 17.0. The number of nitrogens with two attached hydrogens (primary N) is 1. The lowest BCUT2D eigenvalue weighted by Gasteiger charge is -2.09. The molecule has 6 heteroatoms. The largest absolute Gasteiger partial charge is 0.488 e. The molecule has 0 aliphatic carbocycles. The van der Waals surface area contributed by atoms with Gasteiger partial charge >= 0.3 is 0 Å². The predicted octanol–water partition coefficient (Wildman–Crippen LogP) is 1.31. The number of hydrogen-bond acceptors (Lipinski definition) is 4. The minimum Gasteiger partial charge on any atom is -0.488 e. The molecule has 0 saturated heterocycles. The zero-order chi connectivity index (χ0) is 13.9. The van der Waals surface area contributed by atoms with Gasteiger partial charge in [-0.15, -0.1) is 5.10 Å². The number of fused-ring (bicyclic) bond motifs is 1. The summed E-state index contributed by atoms with van der Waals surface area (Å²) in [7, 11) is 0. The van der Waals surface area contributed by atoms with Gasteiger partial charge in [0.1, 0.15) is 17.7 Å². The fourth-order valence-corrected chi connectivity index (χ4v) is 2.42. The molecule has 106 valence electrons. The van der Waals surface area contributed by atoms with Gasteiger partial charge in [-0.05, 0) is 37.6 Å². The fraction of sp³-hybridized carbons (Fsp3) is 0.429. The van der Waals surface area contributed by atoms with E-state index in [4.69, 9.17) is 10.5 Å². The van der Waals surface area contributed by atoms with Crippen LogP contribution in [0.4, 0.5) is 4.39 Å². The Bertz CT molecular complexity index is 599. The van der Waals surface area contributed by atoms with Gasteiger partial charge in [0, 0.05) is 18.2 Å². The van der Waals surface area contributed by atoms with E-state index in [1.807, 2.05) is 6.20 Å². The zero-order valence-corrected chi connectivity index (χ0v) is 11.1. The van der Waals surface area contributed by atoms with Crippen LogP contribution in [0.15, 0.2) is 24.4 Å². The van der Waals surface area contributed by atoms with Crippen molar-refractivity contribution in [3.8, 4) is 5.75 Å². The third-order valence-electron chi connectivity index (χ3n) is 3.38. The van der Waals surface area contributed by atoms with Crippen LogP contribution in [0.1, 0.15) is 17.7 Å². The molecule has 2 aromatic rings. The first kappa shape index (κ1) is 13.1. The van der Waals surface area contributed by atoms with Crippen LogP contribution >= 0.6 is 0 Å². The van der Waals surface area contributed by atoms with Crippen LogP contribution in [-0.4, -0.2) is 27.6 Å².